The molecule has 3 aromatic carbocycles. The highest BCUT2D eigenvalue weighted by Crippen LogP contribution is 2.39. The Morgan fingerprint density at radius 2 is 0.932 bits per heavy atom. The number of unbranched alkanes of at least 4 members (excludes halogenated alkanes) is 2. The Kier molecular flexibility index (Phi) is 18.7. The minimum absolute atomic E-state index is 0.0279. The van der Waals surface area contributed by atoms with E-state index in [1.54, 1.807) is 45.0 Å². The van der Waals surface area contributed by atoms with Crippen molar-refractivity contribution < 1.29 is 55.9 Å². The van der Waals surface area contributed by atoms with E-state index in [0.717, 1.165) is 61.4 Å². The van der Waals surface area contributed by atoms with Crippen LogP contribution in [0, 0.1) is 5.92 Å². The van der Waals surface area contributed by atoms with Crippen LogP contribution in [0.3, 0.4) is 0 Å². The molecule has 0 radical (unpaired) electrons. The summed E-state index contributed by atoms with van der Waals surface area (Å²) in [5, 5.41) is 18.9. The number of sulfonamides is 2. The lowest BCUT2D eigenvalue weighted by atomic mass is 9.94. The van der Waals surface area contributed by atoms with Crippen LogP contribution in [-0.2, 0) is 34.4 Å². The lowest BCUT2D eigenvalue weighted by Crippen LogP contribution is -2.64. The minimum Gasteiger partial charge on any atom is -0.494 e. The molecule has 5 aliphatic rings. The Morgan fingerprint density at radius 1 is 0.548 bits per heavy atom. The van der Waals surface area contributed by atoms with Gasteiger partial charge in [-0.25, -0.2) is 27.8 Å². The molecule has 4 saturated heterocycles. The zero-order valence-electron chi connectivity index (χ0n) is 42.0. The number of piperidine rings is 2. The van der Waals surface area contributed by atoms with Gasteiger partial charge in [0.2, 0.25) is 26.0 Å². The fourth-order valence-electron chi connectivity index (χ4n) is 9.96. The number of hydroxylamine groups is 2. The third-order valence-electron chi connectivity index (χ3n) is 14.8. The molecule has 0 bridgehead atoms. The summed E-state index contributed by atoms with van der Waals surface area (Å²) in [6.45, 7) is 8.94. The van der Waals surface area contributed by atoms with Crippen molar-refractivity contribution in [1.29, 1.82) is 0 Å². The summed E-state index contributed by atoms with van der Waals surface area (Å²) >= 11 is 0. The van der Waals surface area contributed by atoms with Gasteiger partial charge in [0, 0.05) is 101 Å². The number of rotatable bonds is 18. The van der Waals surface area contributed by atoms with Crippen molar-refractivity contribution in [3.8, 4) is 11.5 Å². The second-order valence-electron chi connectivity index (χ2n) is 19.3. The van der Waals surface area contributed by atoms with Gasteiger partial charge in [-0.15, -0.1) is 0 Å². The molecule has 0 spiro atoms. The normalized spacial score (nSPS) is 19.5. The van der Waals surface area contributed by atoms with Crippen molar-refractivity contribution >= 4 is 55.1 Å². The summed E-state index contributed by atoms with van der Waals surface area (Å²) in [4.78, 5) is 58.3. The molecular formula is C51H72N8O12S2. The number of likely N-dealkylation sites (tertiary alicyclic amines) is 2. The van der Waals surface area contributed by atoms with Crippen LogP contribution in [-0.4, -0.2) is 171 Å². The number of amides is 4. The van der Waals surface area contributed by atoms with Gasteiger partial charge in [-0.2, -0.15) is 8.61 Å². The predicted octanol–water partition coefficient (Wildman–Crippen LogP) is 4.09. The molecule has 4 N–H and O–H groups in total. The lowest BCUT2D eigenvalue weighted by Gasteiger charge is -2.44. The number of carbonyl (C=O) groups is 4. The van der Waals surface area contributed by atoms with E-state index < -0.39 is 41.4 Å². The Bertz CT molecular complexity index is 2540. The van der Waals surface area contributed by atoms with Crippen molar-refractivity contribution in [3.63, 3.8) is 0 Å². The highest BCUT2D eigenvalue weighted by Gasteiger charge is 2.57. The first-order valence-corrected chi connectivity index (χ1v) is 28.5. The monoisotopic (exact) mass is 1050 g/mol. The van der Waals surface area contributed by atoms with Crippen molar-refractivity contribution in [2.24, 2.45) is 5.92 Å². The molecule has 8 rings (SSSR count). The smallest absolute Gasteiger partial charge is 0.266 e. The molecule has 3 aromatic rings. The topological polar surface area (TPSA) is 239 Å². The van der Waals surface area contributed by atoms with Gasteiger partial charge in [-0.3, -0.25) is 29.6 Å². The number of hydrogen-bond donors (Lipinski definition) is 4. The predicted molar refractivity (Wildman–Crippen MR) is 275 cm³/mol. The molecule has 0 unspecified atom stereocenters. The zero-order valence-corrected chi connectivity index (χ0v) is 43.7. The lowest BCUT2D eigenvalue weighted by molar-refractivity contribution is -0.138. The molecule has 5 fully saturated rings. The fourth-order valence-corrected chi connectivity index (χ4v) is 14.2. The standard InChI is InChI=1S/C27H36N4O6S.C24H36N4O6S/c1-2-3-21-37-24-11-9-23(10-12-24)29-17-19-31(20-18-29)38(35,36)27(26(33)28-34)13-15-30(16-14-27)25(32)22-7-5-4-6-8-22;1-2-3-18-34-21-8-6-20(7-9-21)26-14-16-28(17-15-26)35(32,33)24(23(30)25-31)10-12-27(13-11-24)22(29)19-4-5-19/h4-12,34H,2-3,13-21H2,1H3,(H,28,33);6-9,19,31H,2-5,10-18H2,1H3,(H,25,30). The fraction of sp³-hybridized carbons (Fsp3) is 0.569. The van der Waals surface area contributed by atoms with E-state index in [2.05, 4.69) is 23.6 Å². The molecule has 73 heavy (non-hydrogen) atoms. The van der Waals surface area contributed by atoms with Crippen molar-refractivity contribution in [2.75, 3.05) is 102 Å². The number of nitrogens with zero attached hydrogens (tertiary/aromatic N) is 6. The first-order valence-electron chi connectivity index (χ1n) is 25.6. The number of anilines is 2. The number of piperazine rings is 2. The van der Waals surface area contributed by atoms with Gasteiger partial charge in [0.05, 0.1) is 13.2 Å². The number of nitrogens with one attached hydrogen (secondary N) is 2. The van der Waals surface area contributed by atoms with Crippen molar-refractivity contribution in [1.82, 2.24) is 29.4 Å². The van der Waals surface area contributed by atoms with E-state index in [4.69, 9.17) is 9.47 Å². The molecule has 20 nitrogen and oxygen atoms in total. The minimum atomic E-state index is -4.12. The molecule has 4 heterocycles. The van der Waals surface area contributed by atoms with Crippen LogP contribution >= 0.6 is 0 Å². The van der Waals surface area contributed by atoms with E-state index in [0.29, 0.717) is 45.0 Å². The summed E-state index contributed by atoms with van der Waals surface area (Å²) in [6, 6.07) is 24.3. The number of hydrogen-bond acceptors (Lipinski definition) is 14. The van der Waals surface area contributed by atoms with Crippen molar-refractivity contribution in [2.45, 2.75) is 87.5 Å². The van der Waals surface area contributed by atoms with Crippen LogP contribution in [0.1, 0.15) is 88.4 Å². The molecule has 4 amide bonds. The Balaban J connectivity index is 0.000000214. The van der Waals surface area contributed by atoms with Gasteiger partial charge in [0.1, 0.15) is 11.5 Å². The van der Waals surface area contributed by atoms with Crippen molar-refractivity contribution in [3.05, 3.63) is 84.4 Å². The SMILES string of the molecule is CCCCOc1ccc(N2CCN(S(=O)(=O)C3(C(=O)NO)CCN(C(=O)C4CC4)CC3)CC2)cc1.CCCCOc1ccc(N2CCN(S(=O)(=O)C3(C(=O)NO)CCN(C(=O)c4ccccc4)CC3)CC2)cc1. The molecule has 400 valence electrons. The molecule has 0 aromatic heterocycles. The maximum absolute atomic E-state index is 13.8. The summed E-state index contributed by atoms with van der Waals surface area (Å²) < 4.78 is 65.6. The van der Waals surface area contributed by atoms with Gasteiger partial charge in [0.15, 0.2) is 9.49 Å². The van der Waals surface area contributed by atoms with Gasteiger partial charge in [0.25, 0.3) is 17.7 Å². The molecule has 1 saturated carbocycles. The summed E-state index contributed by atoms with van der Waals surface area (Å²) in [6.07, 6.45) is 5.63. The molecule has 1 aliphatic carbocycles. The highest BCUT2D eigenvalue weighted by molar-refractivity contribution is 7.91. The van der Waals surface area contributed by atoms with Gasteiger partial charge in [-0.1, -0.05) is 44.9 Å². The van der Waals surface area contributed by atoms with Crippen LogP contribution in [0.4, 0.5) is 11.4 Å². The third kappa shape index (κ3) is 12.4. The average Bonchev–Trinajstić information content (AvgIpc) is 4.29. The largest absolute Gasteiger partial charge is 0.494 e. The van der Waals surface area contributed by atoms with Crippen LogP contribution < -0.4 is 30.2 Å². The second-order valence-corrected chi connectivity index (χ2v) is 23.8. The maximum Gasteiger partial charge on any atom is 0.266 e. The highest BCUT2D eigenvalue weighted by atomic mass is 32.2. The van der Waals surface area contributed by atoms with Gasteiger partial charge in [-0.05, 0) is 112 Å². The van der Waals surface area contributed by atoms with Crippen LogP contribution in [0.2, 0.25) is 0 Å². The van der Waals surface area contributed by atoms with Gasteiger partial charge >= 0.3 is 0 Å². The van der Waals surface area contributed by atoms with Gasteiger partial charge < -0.3 is 29.1 Å². The molecular weight excluding hydrogens is 981 g/mol. The summed E-state index contributed by atoms with van der Waals surface area (Å²) in [5.74, 6) is -0.394. The van der Waals surface area contributed by atoms with E-state index in [1.807, 2.05) is 54.6 Å². The molecule has 22 heteroatoms. The first kappa shape index (κ1) is 55.2. The number of ether oxygens (including phenoxy) is 2. The average molecular weight is 1050 g/mol. The third-order valence-corrected chi connectivity index (χ3v) is 20.1. The quantitative estimate of drug-likeness (QED) is 0.0798. The summed E-state index contributed by atoms with van der Waals surface area (Å²) in [7, 11) is -8.18. The van der Waals surface area contributed by atoms with Crippen LogP contribution in [0.25, 0.3) is 0 Å². The molecule has 4 aliphatic heterocycles. The van der Waals surface area contributed by atoms with E-state index in [1.165, 1.54) is 8.61 Å². The Labute approximate surface area is 429 Å². The zero-order chi connectivity index (χ0) is 52.2. The number of benzene rings is 3. The second kappa shape index (κ2) is 24.7. The Morgan fingerprint density at radius 3 is 1.29 bits per heavy atom. The van der Waals surface area contributed by atoms with E-state index in [-0.39, 0.29) is 95.8 Å². The Hall–Kier alpha value is -5.52. The van der Waals surface area contributed by atoms with Crippen LogP contribution in [0.5, 0.6) is 11.5 Å². The van der Waals surface area contributed by atoms with E-state index >= 15 is 0 Å². The number of carbonyl (C=O) groups excluding carboxylic acids is 4. The summed E-state index contributed by atoms with van der Waals surface area (Å²) in [5.41, 5.74) is 5.64. The first-order chi connectivity index (χ1) is 35.1. The molecule has 0 atom stereocenters. The van der Waals surface area contributed by atoms with Crippen LogP contribution in [0.15, 0.2) is 78.9 Å². The van der Waals surface area contributed by atoms with E-state index in [9.17, 15) is 46.4 Å². The maximum atomic E-state index is 13.8.